The Morgan fingerprint density at radius 3 is 3.00 bits per heavy atom. The lowest BCUT2D eigenvalue weighted by Gasteiger charge is -2.11. The fourth-order valence-electron chi connectivity index (χ4n) is 1.93. The highest BCUT2D eigenvalue weighted by Crippen LogP contribution is 2.33. The number of thioether (sulfide) groups is 1. The molecule has 1 aliphatic rings. The van der Waals surface area contributed by atoms with Crippen molar-refractivity contribution >= 4 is 45.4 Å². The summed E-state index contributed by atoms with van der Waals surface area (Å²) in [7, 11) is 0. The van der Waals surface area contributed by atoms with E-state index >= 15 is 0 Å². The van der Waals surface area contributed by atoms with E-state index in [2.05, 4.69) is 21.8 Å². The minimum Gasteiger partial charge on any atom is -0.465 e. The van der Waals surface area contributed by atoms with Gasteiger partial charge in [0.05, 0.1) is 11.2 Å². The van der Waals surface area contributed by atoms with Gasteiger partial charge in [-0.25, -0.2) is 0 Å². The summed E-state index contributed by atoms with van der Waals surface area (Å²) in [5, 5.41) is 9.85. The molecule has 0 radical (unpaired) electrons. The smallest absolute Gasteiger partial charge is 0.267 e. The Morgan fingerprint density at radius 2 is 2.33 bits per heavy atom. The zero-order chi connectivity index (χ0) is 16.9. The highest BCUT2D eigenvalue weighted by molar-refractivity contribution is 8.18. The second-order valence-corrected chi connectivity index (χ2v) is 6.88. The SMILES string of the molecule is C=CCN1C(=O)/C(=C\C=C\c2ccco2)S/C1=N/c1nnc(C)s1. The Kier molecular flexibility index (Phi) is 5.07. The van der Waals surface area contributed by atoms with Crippen molar-refractivity contribution in [3.05, 3.63) is 58.9 Å². The molecule has 3 rings (SSSR count). The number of carbonyl (C=O) groups excluding carboxylic acids is 1. The topological polar surface area (TPSA) is 71.6 Å². The van der Waals surface area contributed by atoms with Crippen LogP contribution in [0.25, 0.3) is 6.08 Å². The van der Waals surface area contributed by atoms with Gasteiger partial charge in [-0.1, -0.05) is 23.5 Å². The quantitative estimate of drug-likeness (QED) is 0.601. The zero-order valence-corrected chi connectivity index (χ0v) is 14.5. The summed E-state index contributed by atoms with van der Waals surface area (Å²) in [4.78, 5) is 19.1. The van der Waals surface area contributed by atoms with Gasteiger partial charge in [0, 0.05) is 6.54 Å². The summed E-state index contributed by atoms with van der Waals surface area (Å²) in [5.41, 5.74) is 0. The van der Waals surface area contributed by atoms with Gasteiger partial charge in [0.15, 0.2) is 5.17 Å². The molecule has 3 heterocycles. The lowest BCUT2D eigenvalue weighted by molar-refractivity contribution is -0.121. The van der Waals surface area contributed by atoms with Crippen molar-refractivity contribution in [3.8, 4) is 0 Å². The van der Waals surface area contributed by atoms with Crippen LogP contribution in [0.5, 0.6) is 0 Å². The molecular formula is C16H14N4O2S2. The van der Waals surface area contributed by atoms with Crippen molar-refractivity contribution in [1.29, 1.82) is 0 Å². The maximum Gasteiger partial charge on any atom is 0.267 e. The van der Waals surface area contributed by atoms with Crippen LogP contribution in [0.1, 0.15) is 10.8 Å². The molecule has 0 aromatic carbocycles. The van der Waals surface area contributed by atoms with Crippen LogP contribution in [0.15, 0.2) is 57.5 Å². The molecule has 0 aliphatic carbocycles. The number of aromatic nitrogens is 2. The zero-order valence-electron chi connectivity index (χ0n) is 12.9. The van der Waals surface area contributed by atoms with Gasteiger partial charge in [0.2, 0.25) is 5.13 Å². The number of carbonyl (C=O) groups is 1. The van der Waals surface area contributed by atoms with E-state index in [0.29, 0.717) is 21.7 Å². The standard InChI is InChI=1S/C16H14N4O2S2/c1-3-9-20-14(21)13(8-4-6-12-7-5-10-22-12)24-16(20)17-15-19-18-11(2)23-15/h3-8,10H,1,9H2,2H3/b6-4+,13-8+,17-16+. The first-order valence-corrected chi connectivity index (χ1v) is 8.72. The molecule has 0 saturated carbocycles. The number of rotatable bonds is 5. The van der Waals surface area contributed by atoms with E-state index in [4.69, 9.17) is 4.42 Å². The molecule has 2 aromatic rings. The lowest BCUT2D eigenvalue weighted by atomic mass is 10.3. The number of amides is 1. The van der Waals surface area contributed by atoms with Crippen LogP contribution >= 0.6 is 23.1 Å². The van der Waals surface area contributed by atoms with Gasteiger partial charge in [0.25, 0.3) is 5.91 Å². The minimum atomic E-state index is -0.107. The van der Waals surface area contributed by atoms with Crippen LogP contribution in [0.2, 0.25) is 0 Å². The molecule has 0 bridgehead atoms. The van der Waals surface area contributed by atoms with Crippen molar-refractivity contribution in [2.45, 2.75) is 6.92 Å². The third-order valence-electron chi connectivity index (χ3n) is 2.96. The molecule has 6 nitrogen and oxygen atoms in total. The molecule has 8 heteroatoms. The summed E-state index contributed by atoms with van der Waals surface area (Å²) in [6.07, 6.45) is 8.59. The first-order valence-electron chi connectivity index (χ1n) is 7.08. The summed E-state index contributed by atoms with van der Waals surface area (Å²) in [6.45, 7) is 5.95. The predicted octanol–water partition coefficient (Wildman–Crippen LogP) is 3.79. The Hall–Kier alpha value is -2.45. The van der Waals surface area contributed by atoms with Crippen LogP contribution < -0.4 is 0 Å². The number of amidine groups is 1. The molecule has 0 atom stereocenters. The highest BCUT2D eigenvalue weighted by atomic mass is 32.2. The molecule has 24 heavy (non-hydrogen) atoms. The Balaban J connectivity index is 1.83. The summed E-state index contributed by atoms with van der Waals surface area (Å²) in [6, 6.07) is 3.65. The molecule has 0 N–H and O–H groups in total. The third kappa shape index (κ3) is 3.72. The second-order valence-electron chi connectivity index (χ2n) is 4.71. The fourth-order valence-corrected chi connectivity index (χ4v) is 3.48. The van der Waals surface area contributed by atoms with Gasteiger partial charge in [0.1, 0.15) is 10.8 Å². The molecule has 1 amide bonds. The number of allylic oxidation sites excluding steroid dienone is 2. The summed E-state index contributed by atoms with van der Waals surface area (Å²) in [5.74, 6) is 0.618. The first-order chi connectivity index (χ1) is 11.7. The molecular weight excluding hydrogens is 344 g/mol. The second kappa shape index (κ2) is 7.41. The van der Waals surface area contributed by atoms with E-state index in [9.17, 15) is 4.79 Å². The first kappa shape index (κ1) is 16.4. The Labute approximate surface area is 147 Å². The predicted molar refractivity (Wildman–Crippen MR) is 97.1 cm³/mol. The molecule has 2 aromatic heterocycles. The van der Waals surface area contributed by atoms with E-state index in [1.54, 1.807) is 35.5 Å². The molecule has 1 fully saturated rings. The van der Waals surface area contributed by atoms with Crippen LogP contribution in [0, 0.1) is 6.92 Å². The maximum absolute atomic E-state index is 12.5. The van der Waals surface area contributed by atoms with E-state index in [1.165, 1.54) is 23.1 Å². The largest absolute Gasteiger partial charge is 0.465 e. The number of furan rings is 1. The number of nitrogens with zero attached hydrogens (tertiary/aromatic N) is 4. The third-order valence-corrected chi connectivity index (χ3v) is 4.72. The van der Waals surface area contributed by atoms with Crippen molar-refractivity contribution in [2.24, 2.45) is 4.99 Å². The van der Waals surface area contributed by atoms with E-state index < -0.39 is 0 Å². The lowest BCUT2D eigenvalue weighted by Crippen LogP contribution is -2.29. The van der Waals surface area contributed by atoms with E-state index in [-0.39, 0.29) is 5.91 Å². The molecule has 0 spiro atoms. The van der Waals surface area contributed by atoms with Crippen molar-refractivity contribution in [1.82, 2.24) is 15.1 Å². The number of hydrogen-bond donors (Lipinski definition) is 0. The van der Waals surface area contributed by atoms with E-state index in [0.717, 1.165) is 10.8 Å². The van der Waals surface area contributed by atoms with Crippen molar-refractivity contribution in [2.75, 3.05) is 6.54 Å². The monoisotopic (exact) mass is 358 g/mol. The van der Waals surface area contributed by atoms with Gasteiger partial charge in [-0.2, -0.15) is 4.99 Å². The normalized spacial score (nSPS) is 18.4. The number of aryl methyl sites for hydroxylation is 1. The van der Waals surface area contributed by atoms with Gasteiger partial charge >= 0.3 is 0 Å². The van der Waals surface area contributed by atoms with Crippen LogP contribution in [-0.4, -0.2) is 32.7 Å². The average Bonchev–Trinajstić information content (AvgIpc) is 3.27. The van der Waals surface area contributed by atoms with Gasteiger partial charge in [-0.05, 0) is 43.0 Å². The summed E-state index contributed by atoms with van der Waals surface area (Å²) < 4.78 is 5.22. The van der Waals surface area contributed by atoms with Crippen LogP contribution in [0.4, 0.5) is 5.13 Å². The molecule has 1 saturated heterocycles. The number of hydrogen-bond acceptors (Lipinski definition) is 7. The molecule has 122 valence electrons. The number of aliphatic imine (C=N–C) groups is 1. The van der Waals surface area contributed by atoms with E-state index in [1.807, 2.05) is 19.1 Å². The molecule has 1 aliphatic heterocycles. The molecule has 0 unspecified atom stereocenters. The van der Waals surface area contributed by atoms with Gasteiger partial charge in [-0.3, -0.25) is 9.69 Å². The van der Waals surface area contributed by atoms with Gasteiger partial charge < -0.3 is 4.42 Å². The maximum atomic E-state index is 12.5. The van der Waals surface area contributed by atoms with Crippen molar-refractivity contribution < 1.29 is 9.21 Å². The average molecular weight is 358 g/mol. The summed E-state index contributed by atoms with van der Waals surface area (Å²) >= 11 is 2.69. The van der Waals surface area contributed by atoms with Crippen molar-refractivity contribution in [3.63, 3.8) is 0 Å². The Morgan fingerprint density at radius 1 is 1.46 bits per heavy atom. The Bertz CT molecular complexity index is 834. The van der Waals surface area contributed by atoms with Gasteiger partial charge in [-0.15, -0.1) is 16.8 Å². The van der Waals surface area contributed by atoms with Crippen LogP contribution in [0.3, 0.4) is 0 Å². The van der Waals surface area contributed by atoms with Crippen LogP contribution in [-0.2, 0) is 4.79 Å². The minimum absolute atomic E-state index is 0.107. The fraction of sp³-hybridized carbons (Fsp3) is 0.125. The highest BCUT2D eigenvalue weighted by Gasteiger charge is 2.32.